The van der Waals surface area contributed by atoms with Crippen molar-refractivity contribution in [2.45, 2.75) is 19.3 Å². The Labute approximate surface area is 113 Å². The number of para-hydroxylation sites is 1. The van der Waals surface area contributed by atoms with Crippen molar-refractivity contribution in [3.05, 3.63) is 30.6 Å². The summed E-state index contributed by atoms with van der Waals surface area (Å²) < 4.78 is 0. The number of rotatable bonds is 4. The number of fused-ring (bicyclic) bond motifs is 1. The molecular weight excluding hydrogens is 236 g/mol. The zero-order valence-corrected chi connectivity index (χ0v) is 11.1. The van der Waals surface area contributed by atoms with E-state index in [1.54, 1.807) is 6.33 Å². The third-order valence-electron chi connectivity index (χ3n) is 3.85. The van der Waals surface area contributed by atoms with E-state index in [1.807, 2.05) is 18.2 Å². The van der Waals surface area contributed by atoms with E-state index in [0.29, 0.717) is 0 Å². The summed E-state index contributed by atoms with van der Waals surface area (Å²) in [6.07, 6.45) is 5.45. The van der Waals surface area contributed by atoms with Gasteiger partial charge in [-0.25, -0.2) is 9.97 Å². The molecule has 19 heavy (non-hydrogen) atoms. The van der Waals surface area contributed by atoms with E-state index in [2.05, 4.69) is 26.7 Å². The predicted octanol–water partition coefficient (Wildman–Crippen LogP) is 2.43. The molecule has 1 aromatic heterocycles. The average Bonchev–Trinajstić information content (AvgIpc) is 2.49. The van der Waals surface area contributed by atoms with Crippen molar-refractivity contribution in [1.29, 1.82) is 0 Å². The zero-order chi connectivity index (χ0) is 12.9. The van der Waals surface area contributed by atoms with E-state index >= 15 is 0 Å². The number of benzene rings is 1. The largest absolute Gasteiger partial charge is 0.369 e. The molecule has 0 spiro atoms. The van der Waals surface area contributed by atoms with Crippen LogP contribution in [0, 0.1) is 5.92 Å². The van der Waals surface area contributed by atoms with Crippen molar-refractivity contribution in [3.8, 4) is 0 Å². The van der Waals surface area contributed by atoms with E-state index in [4.69, 9.17) is 0 Å². The summed E-state index contributed by atoms with van der Waals surface area (Å²) in [5.74, 6) is 1.81. The Bertz CT molecular complexity index is 529. The van der Waals surface area contributed by atoms with Gasteiger partial charge in [-0.3, -0.25) is 0 Å². The van der Waals surface area contributed by atoms with Crippen molar-refractivity contribution >= 4 is 16.7 Å². The molecule has 0 atom stereocenters. The van der Waals surface area contributed by atoms with Crippen LogP contribution in [0.4, 0.5) is 5.82 Å². The van der Waals surface area contributed by atoms with Crippen molar-refractivity contribution < 1.29 is 0 Å². The lowest BCUT2D eigenvalue weighted by Gasteiger charge is -2.22. The summed E-state index contributed by atoms with van der Waals surface area (Å²) in [5.41, 5.74) is 1.00. The molecule has 1 fully saturated rings. The number of hydrogen-bond acceptors (Lipinski definition) is 4. The van der Waals surface area contributed by atoms with Gasteiger partial charge >= 0.3 is 0 Å². The number of nitrogens with one attached hydrogen (secondary N) is 2. The van der Waals surface area contributed by atoms with Crippen LogP contribution in [0.5, 0.6) is 0 Å². The van der Waals surface area contributed by atoms with Gasteiger partial charge in [0.15, 0.2) is 0 Å². The molecule has 2 N–H and O–H groups in total. The van der Waals surface area contributed by atoms with Gasteiger partial charge in [0.25, 0.3) is 0 Å². The zero-order valence-electron chi connectivity index (χ0n) is 11.1. The second kappa shape index (κ2) is 5.97. The monoisotopic (exact) mass is 256 g/mol. The molecule has 3 rings (SSSR count). The molecule has 1 aromatic carbocycles. The summed E-state index contributed by atoms with van der Waals surface area (Å²) in [6.45, 7) is 3.33. The van der Waals surface area contributed by atoms with Gasteiger partial charge in [-0.05, 0) is 50.4 Å². The van der Waals surface area contributed by atoms with Gasteiger partial charge < -0.3 is 10.6 Å². The van der Waals surface area contributed by atoms with Gasteiger partial charge in [0, 0.05) is 11.9 Å². The van der Waals surface area contributed by atoms with Gasteiger partial charge in [0.05, 0.1) is 5.52 Å². The second-order valence-corrected chi connectivity index (χ2v) is 5.15. The standard InChI is InChI=1S/C15H20N4/c1-2-4-14-13(3-1)15(19-11-18-14)17-10-7-12-5-8-16-9-6-12/h1-4,11-12,16H,5-10H2,(H,17,18,19). The van der Waals surface area contributed by atoms with Crippen LogP contribution < -0.4 is 10.6 Å². The first-order valence-electron chi connectivity index (χ1n) is 7.08. The Morgan fingerprint density at radius 1 is 1.16 bits per heavy atom. The second-order valence-electron chi connectivity index (χ2n) is 5.15. The molecule has 0 saturated carbocycles. The lowest BCUT2D eigenvalue weighted by molar-refractivity contribution is 0.361. The number of aromatic nitrogens is 2. The summed E-state index contributed by atoms with van der Waals surface area (Å²) in [7, 11) is 0. The van der Waals surface area contributed by atoms with Crippen LogP contribution in [0.1, 0.15) is 19.3 Å². The number of nitrogens with zero attached hydrogens (tertiary/aromatic N) is 2. The lowest BCUT2D eigenvalue weighted by Crippen LogP contribution is -2.28. The third-order valence-corrected chi connectivity index (χ3v) is 3.85. The molecule has 1 saturated heterocycles. The molecule has 0 unspecified atom stereocenters. The molecule has 4 heteroatoms. The highest BCUT2D eigenvalue weighted by Gasteiger charge is 2.12. The fourth-order valence-corrected chi connectivity index (χ4v) is 2.71. The minimum atomic E-state index is 0.849. The van der Waals surface area contributed by atoms with Crippen molar-refractivity contribution in [2.75, 3.05) is 25.0 Å². The van der Waals surface area contributed by atoms with E-state index < -0.39 is 0 Å². The molecule has 2 aromatic rings. The Morgan fingerprint density at radius 2 is 2.00 bits per heavy atom. The third kappa shape index (κ3) is 3.01. The molecule has 1 aliphatic rings. The summed E-state index contributed by atoms with van der Waals surface area (Å²) >= 11 is 0. The smallest absolute Gasteiger partial charge is 0.137 e. The maximum atomic E-state index is 4.35. The van der Waals surface area contributed by atoms with Crippen LogP contribution in [0.3, 0.4) is 0 Å². The van der Waals surface area contributed by atoms with E-state index in [1.165, 1.54) is 32.4 Å². The van der Waals surface area contributed by atoms with Crippen LogP contribution >= 0.6 is 0 Å². The number of anilines is 1. The van der Waals surface area contributed by atoms with Crippen LogP contribution in [0.2, 0.25) is 0 Å². The molecule has 0 amide bonds. The number of piperidine rings is 1. The first kappa shape index (κ1) is 12.4. The van der Waals surface area contributed by atoms with E-state index in [0.717, 1.165) is 29.2 Å². The Hall–Kier alpha value is -1.68. The summed E-state index contributed by atoms with van der Waals surface area (Å²) in [5, 5.41) is 7.98. The normalized spacial score (nSPS) is 16.6. The average molecular weight is 256 g/mol. The van der Waals surface area contributed by atoms with E-state index in [9.17, 15) is 0 Å². The lowest BCUT2D eigenvalue weighted by atomic mass is 9.95. The minimum Gasteiger partial charge on any atom is -0.369 e. The van der Waals surface area contributed by atoms with Crippen molar-refractivity contribution in [1.82, 2.24) is 15.3 Å². The van der Waals surface area contributed by atoms with Gasteiger partial charge in [-0.2, -0.15) is 0 Å². The highest BCUT2D eigenvalue weighted by Crippen LogP contribution is 2.20. The van der Waals surface area contributed by atoms with Gasteiger partial charge in [0.1, 0.15) is 12.1 Å². The predicted molar refractivity (Wildman–Crippen MR) is 78.2 cm³/mol. The molecule has 0 radical (unpaired) electrons. The van der Waals surface area contributed by atoms with Crippen LogP contribution in [0.25, 0.3) is 10.9 Å². The molecule has 100 valence electrons. The van der Waals surface area contributed by atoms with Crippen LogP contribution in [0.15, 0.2) is 30.6 Å². The Balaban J connectivity index is 1.62. The SMILES string of the molecule is c1ccc2c(NCCC3CCNCC3)ncnc2c1. The first-order valence-corrected chi connectivity index (χ1v) is 7.08. The van der Waals surface area contributed by atoms with Crippen LogP contribution in [-0.4, -0.2) is 29.6 Å². The van der Waals surface area contributed by atoms with Gasteiger partial charge in [-0.15, -0.1) is 0 Å². The molecular formula is C15H20N4. The highest BCUT2D eigenvalue weighted by molar-refractivity contribution is 5.88. The Kier molecular flexibility index (Phi) is 3.89. The highest BCUT2D eigenvalue weighted by atomic mass is 15.0. The maximum absolute atomic E-state index is 4.35. The van der Waals surface area contributed by atoms with Gasteiger partial charge in [0.2, 0.25) is 0 Å². The minimum absolute atomic E-state index is 0.849. The first-order chi connectivity index (χ1) is 9.43. The molecule has 1 aliphatic heterocycles. The quantitative estimate of drug-likeness (QED) is 0.882. The Morgan fingerprint density at radius 3 is 2.89 bits per heavy atom. The van der Waals surface area contributed by atoms with Crippen LogP contribution in [-0.2, 0) is 0 Å². The van der Waals surface area contributed by atoms with E-state index in [-0.39, 0.29) is 0 Å². The number of hydrogen-bond donors (Lipinski definition) is 2. The molecule has 2 heterocycles. The summed E-state index contributed by atoms with van der Waals surface area (Å²) in [4.78, 5) is 8.64. The fourth-order valence-electron chi connectivity index (χ4n) is 2.71. The summed E-state index contributed by atoms with van der Waals surface area (Å²) in [6, 6.07) is 8.13. The fraction of sp³-hybridized carbons (Fsp3) is 0.467. The van der Waals surface area contributed by atoms with Gasteiger partial charge in [-0.1, -0.05) is 12.1 Å². The molecule has 0 bridgehead atoms. The van der Waals surface area contributed by atoms with Crippen molar-refractivity contribution in [3.63, 3.8) is 0 Å². The van der Waals surface area contributed by atoms with Crippen molar-refractivity contribution in [2.24, 2.45) is 5.92 Å². The molecule has 4 nitrogen and oxygen atoms in total. The maximum Gasteiger partial charge on any atom is 0.137 e. The molecule has 0 aliphatic carbocycles. The topological polar surface area (TPSA) is 49.8 Å².